The topological polar surface area (TPSA) is 69.4 Å². The molecule has 0 bridgehead atoms. The minimum Gasteiger partial charge on any atom is -0.386 e. The lowest BCUT2D eigenvalue weighted by Crippen LogP contribution is -2.55. The van der Waals surface area contributed by atoms with Crippen LogP contribution in [0.15, 0.2) is 24.8 Å². The van der Waals surface area contributed by atoms with Gasteiger partial charge in [-0.1, -0.05) is 18.8 Å². The van der Waals surface area contributed by atoms with Crippen molar-refractivity contribution in [1.29, 1.82) is 0 Å². The van der Waals surface area contributed by atoms with Crippen molar-refractivity contribution >= 4 is 11.8 Å². The van der Waals surface area contributed by atoms with E-state index in [9.17, 15) is 27.1 Å². The molecule has 0 amide bonds. The van der Waals surface area contributed by atoms with Crippen LogP contribution in [-0.4, -0.2) is 74.0 Å². The Labute approximate surface area is 230 Å². The lowest BCUT2D eigenvalue weighted by molar-refractivity contribution is -0.183. The average Bonchev–Trinajstić information content (AvgIpc) is 3.40. The molecule has 1 aromatic rings. The van der Waals surface area contributed by atoms with E-state index in [-0.39, 0.29) is 49.8 Å². The van der Waals surface area contributed by atoms with Crippen molar-refractivity contribution in [3.05, 3.63) is 24.8 Å². The first-order valence-corrected chi connectivity index (χ1v) is 14.4. The summed E-state index contributed by atoms with van der Waals surface area (Å²) in [6, 6.07) is 0. The zero-order chi connectivity index (χ0) is 28.0. The summed E-state index contributed by atoms with van der Waals surface area (Å²) in [5.41, 5.74) is -1.48. The molecule has 1 aromatic heterocycles. The van der Waals surface area contributed by atoms with Gasteiger partial charge in [-0.05, 0) is 50.7 Å². The van der Waals surface area contributed by atoms with E-state index >= 15 is 0 Å². The van der Waals surface area contributed by atoms with Crippen molar-refractivity contribution in [1.82, 2.24) is 14.8 Å². The molecule has 3 unspecified atom stereocenters. The van der Waals surface area contributed by atoms with Crippen LogP contribution in [0, 0.1) is 29.6 Å². The number of ether oxygens (including phenoxy) is 2. The van der Waals surface area contributed by atoms with Crippen LogP contribution in [0.3, 0.4) is 0 Å². The number of aliphatic hydroxyl groups is 1. The second-order valence-corrected chi connectivity index (χ2v) is 12.4. The molecule has 1 aliphatic heterocycles. The first kappa shape index (κ1) is 30.3. The lowest BCUT2D eigenvalue weighted by atomic mass is 9.73. The molecule has 1 saturated heterocycles. The second kappa shape index (κ2) is 13.3. The lowest BCUT2D eigenvalue weighted by Gasteiger charge is -2.45. The van der Waals surface area contributed by atoms with Crippen molar-refractivity contribution < 1.29 is 36.5 Å². The van der Waals surface area contributed by atoms with Gasteiger partial charge in [-0.25, -0.2) is 13.8 Å². The molecule has 0 radical (unpaired) electrons. The number of hydrogen-bond donors (Lipinski definition) is 1. The van der Waals surface area contributed by atoms with Gasteiger partial charge in [0.05, 0.1) is 30.9 Å². The molecule has 12 heteroatoms. The maximum absolute atomic E-state index is 15.0. The molecular weight excluding hydrogens is 541 g/mol. The molecule has 2 heterocycles. The van der Waals surface area contributed by atoms with Crippen LogP contribution in [0.4, 0.5) is 22.0 Å². The number of alkyl halides is 5. The van der Waals surface area contributed by atoms with Crippen LogP contribution in [-0.2, 0) is 16.0 Å². The Bertz CT molecular complexity index is 985. The summed E-state index contributed by atoms with van der Waals surface area (Å²) < 4.78 is 80.2. The van der Waals surface area contributed by atoms with Gasteiger partial charge in [0.2, 0.25) is 0 Å². The van der Waals surface area contributed by atoms with Crippen molar-refractivity contribution in [2.75, 3.05) is 13.2 Å². The van der Waals surface area contributed by atoms with E-state index in [1.807, 2.05) is 6.92 Å². The van der Waals surface area contributed by atoms with Gasteiger partial charge in [-0.15, -0.1) is 11.8 Å². The normalized spacial score (nSPS) is 34.7. The van der Waals surface area contributed by atoms with Crippen LogP contribution in [0.1, 0.15) is 51.9 Å². The molecule has 3 fully saturated rings. The summed E-state index contributed by atoms with van der Waals surface area (Å²) in [6.07, 6.45) is 0.0813. The van der Waals surface area contributed by atoms with Crippen molar-refractivity contribution in [3.63, 3.8) is 0 Å². The van der Waals surface area contributed by atoms with Crippen molar-refractivity contribution in [3.8, 4) is 11.8 Å². The van der Waals surface area contributed by atoms with E-state index in [2.05, 4.69) is 21.9 Å². The van der Waals surface area contributed by atoms with Gasteiger partial charge in [0, 0.05) is 23.5 Å². The smallest absolute Gasteiger partial charge is 0.386 e. The highest BCUT2D eigenvalue weighted by molar-refractivity contribution is 8.00. The van der Waals surface area contributed by atoms with Gasteiger partial charge in [0.1, 0.15) is 30.6 Å². The van der Waals surface area contributed by atoms with Gasteiger partial charge in [0.25, 0.3) is 0 Å². The van der Waals surface area contributed by atoms with Crippen LogP contribution in [0.25, 0.3) is 0 Å². The summed E-state index contributed by atoms with van der Waals surface area (Å²) in [5, 5.41) is 15.3. The van der Waals surface area contributed by atoms with Gasteiger partial charge in [0.15, 0.2) is 6.29 Å². The zero-order valence-corrected chi connectivity index (χ0v) is 22.7. The Morgan fingerprint density at radius 1 is 1.13 bits per heavy atom. The molecule has 0 spiro atoms. The fourth-order valence-electron chi connectivity index (χ4n) is 5.71. The minimum atomic E-state index is -4.12. The van der Waals surface area contributed by atoms with Crippen molar-refractivity contribution in [2.24, 2.45) is 17.8 Å². The van der Waals surface area contributed by atoms with Gasteiger partial charge in [-0.2, -0.15) is 18.3 Å². The Balaban J connectivity index is 1.26. The largest absolute Gasteiger partial charge is 0.391 e. The van der Waals surface area contributed by atoms with Gasteiger partial charge >= 0.3 is 6.18 Å². The van der Waals surface area contributed by atoms with E-state index in [0.29, 0.717) is 26.1 Å². The van der Waals surface area contributed by atoms with Crippen molar-refractivity contribution in [2.45, 2.75) is 99.3 Å². The van der Waals surface area contributed by atoms with E-state index < -0.39 is 47.5 Å². The second-order valence-electron chi connectivity index (χ2n) is 10.8. The Kier molecular flexibility index (Phi) is 10.3. The number of aromatic nitrogens is 3. The Morgan fingerprint density at radius 2 is 1.85 bits per heavy atom. The maximum atomic E-state index is 15.0. The molecule has 5 atom stereocenters. The first-order valence-electron chi connectivity index (χ1n) is 13.5. The number of thioether (sulfide) groups is 1. The molecule has 0 aromatic carbocycles. The zero-order valence-electron chi connectivity index (χ0n) is 21.9. The molecule has 2 saturated carbocycles. The van der Waals surface area contributed by atoms with Gasteiger partial charge in [-0.3, -0.25) is 4.68 Å². The summed E-state index contributed by atoms with van der Waals surface area (Å²) in [4.78, 5) is 3.92. The third-order valence-electron chi connectivity index (χ3n) is 8.04. The number of hydrogen-bond acceptors (Lipinski definition) is 6. The van der Waals surface area contributed by atoms with Gasteiger partial charge < -0.3 is 14.6 Å². The predicted octanol–water partition coefficient (Wildman–Crippen LogP) is 5.28. The highest BCUT2D eigenvalue weighted by Gasteiger charge is 2.49. The molecule has 39 heavy (non-hydrogen) atoms. The van der Waals surface area contributed by atoms with E-state index in [1.165, 1.54) is 29.1 Å². The molecule has 6 nitrogen and oxygen atoms in total. The number of nitrogens with zero attached hydrogens (tertiary/aromatic N) is 3. The molecule has 3 aliphatic rings. The summed E-state index contributed by atoms with van der Waals surface area (Å²) in [5.74, 6) is 3.93. The Morgan fingerprint density at radius 3 is 2.46 bits per heavy atom. The van der Waals surface area contributed by atoms with E-state index in [0.717, 1.165) is 0 Å². The van der Waals surface area contributed by atoms with E-state index in [1.54, 1.807) is 12.2 Å². The fraction of sp³-hybridized carbons (Fsp3) is 0.778. The molecule has 218 valence electrons. The SMILES string of the molecule is C[C@@H](SC1COC(/C=C/C#CC2CCC(C(F)(F)F)CC2)OC1)[C@](O)(Cn1cncn1)C1CCC(F)CC1F. The predicted molar refractivity (Wildman–Crippen MR) is 137 cm³/mol. The summed E-state index contributed by atoms with van der Waals surface area (Å²) >= 11 is 1.44. The van der Waals surface area contributed by atoms with Crippen LogP contribution in [0.5, 0.6) is 0 Å². The molecular formula is C27H36F5N3O3S. The minimum absolute atomic E-state index is 0.0381. The molecule has 4 rings (SSSR count). The fourth-order valence-corrected chi connectivity index (χ4v) is 7.08. The first-order chi connectivity index (χ1) is 18.5. The van der Waals surface area contributed by atoms with Crippen LogP contribution >= 0.6 is 11.8 Å². The average molecular weight is 578 g/mol. The third-order valence-corrected chi connectivity index (χ3v) is 9.51. The number of halogens is 5. The number of allylic oxidation sites excluding steroid dienone is 1. The Hall–Kier alpha value is -1.68. The monoisotopic (exact) mass is 577 g/mol. The third kappa shape index (κ3) is 8.18. The van der Waals surface area contributed by atoms with Crippen LogP contribution in [0.2, 0.25) is 0 Å². The summed E-state index contributed by atoms with van der Waals surface area (Å²) in [7, 11) is 0. The highest BCUT2D eigenvalue weighted by Crippen LogP contribution is 2.43. The highest BCUT2D eigenvalue weighted by atomic mass is 32.2. The summed E-state index contributed by atoms with van der Waals surface area (Å²) in [6.45, 7) is 2.56. The standard InChI is InChI=1S/C27H36F5N3O3S/c1-18(26(36,15-35-17-33-16-34-35)23-11-10-21(28)12-24(23)29)39-22-13-37-25(38-14-22)5-3-2-4-19-6-8-20(9-7-19)27(30,31)32/h3,5,16-25,36H,6-15H2,1H3/b5-3+/t18-,19?,20?,21?,22?,23?,24?,25?,26-/m1/s1. The maximum Gasteiger partial charge on any atom is 0.391 e. The van der Waals surface area contributed by atoms with Crippen LogP contribution < -0.4 is 0 Å². The quantitative estimate of drug-likeness (QED) is 0.352. The number of rotatable bonds is 7. The van der Waals surface area contributed by atoms with E-state index in [4.69, 9.17) is 9.47 Å². The molecule has 1 N–H and O–H groups in total. The molecule has 2 aliphatic carbocycles.